The second-order valence-corrected chi connectivity index (χ2v) is 9.85. The van der Waals surface area contributed by atoms with Crippen molar-refractivity contribution in [3.05, 3.63) is 64.2 Å². The second kappa shape index (κ2) is 9.28. The fourth-order valence-corrected chi connectivity index (χ4v) is 5.60. The second-order valence-electron chi connectivity index (χ2n) is 7.47. The number of benzene rings is 2. The third kappa shape index (κ3) is 5.18. The Balaban J connectivity index is 1.61. The van der Waals surface area contributed by atoms with Crippen LogP contribution >= 0.6 is 11.6 Å². The molecule has 5 nitrogen and oxygen atoms in total. The van der Waals surface area contributed by atoms with Crippen molar-refractivity contribution < 1.29 is 13.2 Å². The average molecular weight is 435 g/mol. The highest BCUT2D eigenvalue weighted by molar-refractivity contribution is 7.88. The maximum atomic E-state index is 12.8. The maximum absolute atomic E-state index is 12.8. The van der Waals surface area contributed by atoms with Gasteiger partial charge in [-0.1, -0.05) is 54.9 Å². The SMILES string of the molecule is CCc1cccc(C)c1NC(=O)C1CCN(S(=O)(=O)Cc2ccccc2Cl)CC1. The van der Waals surface area contributed by atoms with Crippen LogP contribution in [0.3, 0.4) is 0 Å². The number of rotatable bonds is 6. The summed E-state index contributed by atoms with van der Waals surface area (Å²) in [6.07, 6.45) is 1.87. The number of amides is 1. The van der Waals surface area contributed by atoms with Crippen LogP contribution < -0.4 is 5.32 Å². The lowest BCUT2D eigenvalue weighted by Crippen LogP contribution is -2.42. The first-order valence-corrected chi connectivity index (χ1v) is 11.9. The van der Waals surface area contributed by atoms with Gasteiger partial charge in [-0.3, -0.25) is 4.79 Å². The molecule has 0 atom stereocenters. The lowest BCUT2D eigenvalue weighted by molar-refractivity contribution is -0.120. The Morgan fingerprint density at radius 3 is 2.41 bits per heavy atom. The van der Waals surface area contributed by atoms with E-state index >= 15 is 0 Å². The van der Waals surface area contributed by atoms with Crippen molar-refractivity contribution in [1.82, 2.24) is 4.31 Å². The molecule has 1 aliphatic heterocycles. The monoisotopic (exact) mass is 434 g/mol. The van der Waals surface area contributed by atoms with Crippen LogP contribution in [0.4, 0.5) is 5.69 Å². The van der Waals surface area contributed by atoms with E-state index in [1.54, 1.807) is 24.3 Å². The lowest BCUT2D eigenvalue weighted by Gasteiger charge is -2.31. The summed E-state index contributed by atoms with van der Waals surface area (Å²) in [5.41, 5.74) is 3.63. The number of sulfonamides is 1. The van der Waals surface area contributed by atoms with Crippen LogP contribution in [0.2, 0.25) is 5.02 Å². The standard InChI is InChI=1S/C22H27ClN2O3S/c1-3-17-9-6-7-16(2)21(17)24-22(26)18-11-13-25(14-12-18)29(27,28)15-19-8-4-5-10-20(19)23/h4-10,18H,3,11-15H2,1-2H3,(H,24,26). The molecule has 1 amide bonds. The van der Waals surface area contributed by atoms with Crippen molar-refractivity contribution in [3.8, 4) is 0 Å². The molecule has 1 fully saturated rings. The van der Waals surface area contributed by atoms with Crippen LogP contribution in [0.1, 0.15) is 36.5 Å². The summed E-state index contributed by atoms with van der Waals surface area (Å²) < 4.78 is 27.0. The number of carbonyl (C=O) groups excluding carboxylic acids is 1. The highest BCUT2D eigenvalue weighted by atomic mass is 35.5. The predicted octanol–water partition coefficient (Wildman–Crippen LogP) is 4.39. The maximum Gasteiger partial charge on any atom is 0.227 e. The Labute approximate surface area is 178 Å². The molecule has 0 aliphatic carbocycles. The number of nitrogens with one attached hydrogen (secondary N) is 1. The van der Waals surface area contributed by atoms with Crippen LogP contribution in [0.5, 0.6) is 0 Å². The molecule has 0 saturated carbocycles. The molecule has 0 radical (unpaired) electrons. The molecule has 2 aromatic rings. The summed E-state index contributed by atoms with van der Waals surface area (Å²) in [4.78, 5) is 12.8. The van der Waals surface area contributed by atoms with Gasteiger partial charge in [-0.25, -0.2) is 12.7 Å². The Kier molecular flexibility index (Phi) is 6.98. The minimum absolute atomic E-state index is 0.0304. The molecule has 1 saturated heterocycles. The lowest BCUT2D eigenvalue weighted by atomic mass is 9.96. The van der Waals surface area contributed by atoms with Crippen molar-refractivity contribution in [2.24, 2.45) is 5.92 Å². The van der Waals surface area contributed by atoms with E-state index in [0.717, 1.165) is 23.2 Å². The van der Waals surface area contributed by atoms with Crippen molar-refractivity contribution >= 4 is 33.2 Å². The molecule has 29 heavy (non-hydrogen) atoms. The Bertz CT molecular complexity index is 983. The van der Waals surface area contributed by atoms with Crippen LogP contribution in [-0.2, 0) is 27.0 Å². The van der Waals surface area contributed by atoms with Gasteiger partial charge in [0.2, 0.25) is 15.9 Å². The van der Waals surface area contributed by atoms with E-state index in [4.69, 9.17) is 11.6 Å². The first kappa shape index (κ1) is 21.8. The molecule has 1 N–H and O–H groups in total. The van der Waals surface area contributed by atoms with Gasteiger partial charge in [-0.15, -0.1) is 0 Å². The van der Waals surface area contributed by atoms with Crippen LogP contribution in [0.15, 0.2) is 42.5 Å². The Hall–Kier alpha value is -1.89. The number of piperidine rings is 1. The fraction of sp³-hybridized carbons (Fsp3) is 0.409. The van der Waals surface area contributed by atoms with Gasteiger partial charge in [-0.2, -0.15) is 0 Å². The Morgan fingerprint density at radius 2 is 1.76 bits per heavy atom. The molecule has 2 aromatic carbocycles. The number of nitrogens with zero attached hydrogens (tertiary/aromatic N) is 1. The van der Waals surface area contributed by atoms with Crippen molar-refractivity contribution in [2.45, 2.75) is 38.9 Å². The van der Waals surface area contributed by atoms with Crippen LogP contribution in [-0.4, -0.2) is 31.7 Å². The molecule has 0 spiro atoms. The third-order valence-electron chi connectivity index (χ3n) is 5.50. The normalized spacial score (nSPS) is 16.0. The Morgan fingerprint density at radius 1 is 1.10 bits per heavy atom. The fourth-order valence-electron chi connectivity index (χ4n) is 3.73. The zero-order valence-corrected chi connectivity index (χ0v) is 18.4. The van der Waals surface area contributed by atoms with Gasteiger partial charge < -0.3 is 5.32 Å². The number of para-hydroxylation sites is 1. The molecule has 3 rings (SSSR count). The first-order chi connectivity index (χ1) is 13.8. The number of anilines is 1. The zero-order valence-electron chi connectivity index (χ0n) is 16.8. The summed E-state index contributed by atoms with van der Waals surface area (Å²) in [7, 11) is -3.47. The zero-order chi connectivity index (χ0) is 21.0. The summed E-state index contributed by atoms with van der Waals surface area (Å²) in [5.74, 6) is -0.338. The van der Waals surface area contributed by atoms with Crippen LogP contribution in [0.25, 0.3) is 0 Å². The van der Waals surface area contributed by atoms with Crippen molar-refractivity contribution in [3.63, 3.8) is 0 Å². The van der Waals surface area contributed by atoms with Crippen molar-refractivity contribution in [1.29, 1.82) is 0 Å². The molecule has 0 bridgehead atoms. The van der Waals surface area contributed by atoms with Crippen molar-refractivity contribution in [2.75, 3.05) is 18.4 Å². The summed E-state index contributed by atoms with van der Waals surface area (Å²) in [6, 6.07) is 13.0. The summed E-state index contributed by atoms with van der Waals surface area (Å²) >= 11 is 6.11. The highest BCUT2D eigenvalue weighted by Crippen LogP contribution is 2.27. The van der Waals surface area contributed by atoms with E-state index in [1.807, 2.05) is 25.1 Å². The minimum Gasteiger partial charge on any atom is -0.325 e. The number of halogens is 1. The topological polar surface area (TPSA) is 66.5 Å². The number of hydrogen-bond donors (Lipinski definition) is 1. The predicted molar refractivity (Wildman–Crippen MR) is 118 cm³/mol. The smallest absolute Gasteiger partial charge is 0.227 e. The number of carbonyl (C=O) groups is 1. The van der Waals surface area contributed by atoms with E-state index in [9.17, 15) is 13.2 Å². The first-order valence-electron chi connectivity index (χ1n) is 9.92. The molecule has 1 aliphatic rings. The largest absolute Gasteiger partial charge is 0.325 e. The number of aryl methyl sites for hydroxylation is 2. The van der Waals surface area contributed by atoms with Crippen LogP contribution in [0, 0.1) is 12.8 Å². The summed E-state index contributed by atoms with van der Waals surface area (Å²) in [5, 5.41) is 3.53. The van der Waals surface area contributed by atoms with E-state index in [0.29, 0.717) is 36.5 Å². The van der Waals surface area contributed by atoms with Gasteiger partial charge in [0, 0.05) is 29.7 Å². The van der Waals surface area contributed by atoms with E-state index in [2.05, 4.69) is 12.2 Å². The molecule has 156 valence electrons. The average Bonchev–Trinajstić information content (AvgIpc) is 2.71. The molecular formula is C22H27ClN2O3S. The van der Waals surface area contributed by atoms with Gasteiger partial charge >= 0.3 is 0 Å². The van der Waals surface area contributed by atoms with E-state index < -0.39 is 10.0 Å². The molecule has 7 heteroatoms. The number of hydrogen-bond acceptors (Lipinski definition) is 3. The third-order valence-corrected chi connectivity index (χ3v) is 7.70. The van der Waals surface area contributed by atoms with Gasteiger partial charge in [0.05, 0.1) is 5.75 Å². The minimum atomic E-state index is -3.47. The molecule has 0 unspecified atom stereocenters. The highest BCUT2D eigenvalue weighted by Gasteiger charge is 2.31. The molecule has 0 aromatic heterocycles. The summed E-state index contributed by atoms with van der Waals surface area (Å²) in [6.45, 7) is 4.74. The molecular weight excluding hydrogens is 408 g/mol. The van der Waals surface area contributed by atoms with Gasteiger partial charge in [0.1, 0.15) is 0 Å². The quantitative estimate of drug-likeness (QED) is 0.733. The van der Waals surface area contributed by atoms with E-state index in [1.165, 1.54) is 4.31 Å². The van der Waals surface area contributed by atoms with Gasteiger partial charge in [0.25, 0.3) is 0 Å². The van der Waals surface area contributed by atoms with Gasteiger partial charge in [0.15, 0.2) is 0 Å². The molecule has 1 heterocycles. The van der Waals surface area contributed by atoms with E-state index in [-0.39, 0.29) is 17.6 Å². The van der Waals surface area contributed by atoms with Gasteiger partial charge in [-0.05, 0) is 48.9 Å².